The molecule has 0 aliphatic heterocycles. The summed E-state index contributed by atoms with van der Waals surface area (Å²) in [5.74, 6) is 0.552. The van der Waals surface area contributed by atoms with Crippen LogP contribution in [0.1, 0.15) is 19.8 Å². The van der Waals surface area contributed by atoms with E-state index in [4.69, 9.17) is 4.98 Å². The van der Waals surface area contributed by atoms with Crippen molar-refractivity contribution in [3.63, 3.8) is 0 Å². The molecule has 114 valence electrons. The molecule has 4 aromatic rings. The van der Waals surface area contributed by atoms with Crippen LogP contribution in [0.25, 0.3) is 33.3 Å². The Morgan fingerprint density at radius 3 is 2.70 bits per heavy atom. The standard InChI is InChI=1S/C17H16N6/c1-2-3-11-23-21-17(20-22-23)14-9-8-13-7-6-12-5-4-10-18-15(12)16(13)19-14/h4-10H,2-3,11H2,1H3. The molecule has 0 radical (unpaired) electrons. The van der Waals surface area contributed by atoms with Crippen LogP contribution in [-0.4, -0.2) is 30.2 Å². The number of aryl methyl sites for hydroxylation is 1. The second kappa shape index (κ2) is 5.72. The summed E-state index contributed by atoms with van der Waals surface area (Å²) >= 11 is 0. The molecule has 6 nitrogen and oxygen atoms in total. The minimum Gasteiger partial charge on any atom is -0.254 e. The summed E-state index contributed by atoms with van der Waals surface area (Å²) in [5.41, 5.74) is 2.48. The number of unbranched alkanes of at least 4 members (excludes halogenated alkanes) is 1. The monoisotopic (exact) mass is 304 g/mol. The largest absolute Gasteiger partial charge is 0.254 e. The predicted octanol–water partition coefficient (Wildman–Crippen LogP) is 3.24. The van der Waals surface area contributed by atoms with Gasteiger partial charge in [-0.3, -0.25) is 4.98 Å². The van der Waals surface area contributed by atoms with Gasteiger partial charge in [0.05, 0.1) is 17.6 Å². The van der Waals surface area contributed by atoms with Crippen molar-refractivity contribution in [3.8, 4) is 11.5 Å². The number of tetrazole rings is 1. The Hall–Kier alpha value is -2.89. The van der Waals surface area contributed by atoms with Crippen LogP contribution in [0.5, 0.6) is 0 Å². The van der Waals surface area contributed by atoms with Gasteiger partial charge in [-0.15, -0.1) is 10.2 Å². The third kappa shape index (κ3) is 2.52. The van der Waals surface area contributed by atoms with Crippen molar-refractivity contribution in [2.24, 2.45) is 0 Å². The Morgan fingerprint density at radius 2 is 1.83 bits per heavy atom. The lowest BCUT2D eigenvalue weighted by atomic mass is 10.1. The third-order valence-corrected chi connectivity index (χ3v) is 3.83. The van der Waals surface area contributed by atoms with Crippen molar-refractivity contribution in [1.29, 1.82) is 0 Å². The molecule has 3 heterocycles. The van der Waals surface area contributed by atoms with Gasteiger partial charge < -0.3 is 0 Å². The highest BCUT2D eigenvalue weighted by Crippen LogP contribution is 2.24. The van der Waals surface area contributed by atoms with E-state index in [2.05, 4.69) is 39.5 Å². The minimum absolute atomic E-state index is 0.552. The number of rotatable bonds is 4. The summed E-state index contributed by atoms with van der Waals surface area (Å²) in [6.07, 6.45) is 3.92. The Balaban J connectivity index is 1.81. The van der Waals surface area contributed by atoms with E-state index in [-0.39, 0.29) is 0 Å². The van der Waals surface area contributed by atoms with Gasteiger partial charge in [-0.25, -0.2) is 4.98 Å². The van der Waals surface area contributed by atoms with Gasteiger partial charge in [-0.05, 0) is 23.8 Å². The highest BCUT2D eigenvalue weighted by molar-refractivity contribution is 6.03. The van der Waals surface area contributed by atoms with Crippen LogP contribution in [0.3, 0.4) is 0 Å². The molecule has 0 amide bonds. The highest BCUT2D eigenvalue weighted by atomic mass is 15.6. The van der Waals surface area contributed by atoms with Crippen LogP contribution in [0, 0.1) is 0 Å². The molecule has 4 rings (SSSR count). The Kier molecular flexibility index (Phi) is 3.42. The van der Waals surface area contributed by atoms with Crippen molar-refractivity contribution in [2.75, 3.05) is 0 Å². The number of nitrogens with zero attached hydrogens (tertiary/aromatic N) is 6. The van der Waals surface area contributed by atoms with Gasteiger partial charge in [-0.1, -0.05) is 37.6 Å². The van der Waals surface area contributed by atoms with Crippen LogP contribution in [-0.2, 0) is 6.54 Å². The molecule has 0 unspecified atom stereocenters. The minimum atomic E-state index is 0.552. The molecule has 0 saturated heterocycles. The van der Waals surface area contributed by atoms with E-state index in [0.717, 1.165) is 46.9 Å². The van der Waals surface area contributed by atoms with E-state index >= 15 is 0 Å². The first-order valence-electron chi connectivity index (χ1n) is 7.78. The first kappa shape index (κ1) is 13.8. The van der Waals surface area contributed by atoms with E-state index in [0.29, 0.717) is 5.82 Å². The number of pyridine rings is 2. The lowest BCUT2D eigenvalue weighted by molar-refractivity contribution is 0.496. The maximum Gasteiger partial charge on any atom is 0.223 e. The fourth-order valence-corrected chi connectivity index (χ4v) is 2.59. The molecule has 0 bridgehead atoms. The van der Waals surface area contributed by atoms with E-state index in [1.807, 2.05) is 24.3 Å². The van der Waals surface area contributed by atoms with Gasteiger partial charge in [0.1, 0.15) is 5.69 Å². The number of hydrogen-bond acceptors (Lipinski definition) is 5. The lowest BCUT2D eigenvalue weighted by Gasteiger charge is -2.03. The average molecular weight is 304 g/mol. The summed E-state index contributed by atoms with van der Waals surface area (Å²) in [6.45, 7) is 2.92. The first-order chi connectivity index (χ1) is 11.3. The van der Waals surface area contributed by atoms with Crippen LogP contribution in [0.15, 0.2) is 42.6 Å². The topological polar surface area (TPSA) is 69.4 Å². The van der Waals surface area contributed by atoms with Crippen LogP contribution >= 0.6 is 0 Å². The molecule has 6 heteroatoms. The van der Waals surface area contributed by atoms with Crippen molar-refractivity contribution >= 4 is 21.8 Å². The van der Waals surface area contributed by atoms with Gasteiger partial charge in [0.15, 0.2) is 0 Å². The van der Waals surface area contributed by atoms with Crippen molar-refractivity contribution in [2.45, 2.75) is 26.3 Å². The zero-order valence-electron chi connectivity index (χ0n) is 12.8. The van der Waals surface area contributed by atoms with Crippen molar-refractivity contribution in [1.82, 2.24) is 30.2 Å². The molecule has 0 atom stereocenters. The van der Waals surface area contributed by atoms with E-state index in [1.165, 1.54) is 0 Å². The zero-order valence-corrected chi connectivity index (χ0v) is 12.8. The summed E-state index contributed by atoms with van der Waals surface area (Å²) < 4.78 is 0. The number of benzene rings is 1. The van der Waals surface area contributed by atoms with Crippen molar-refractivity contribution < 1.29 is 0 Å². The Labute approximate surface area is 133 Å². The van der Waals surface area contributed by atoms with Crippen LogP contribution < -0.4 is 0 Å². The summed E-state index contributed by atoms with van der Waals surface area (Å²) in [6, 6.07) is 12.0. The van der Waals surface area contributed by atoms with Crippen molar-refractivity contribution in [3.05, 3.63) is 42.6 Å². The SMILES string of the molecule is CCCCn1nnc(-c2ccc3ccc4cccnc4c3n2)n1. The molecule has 0 aliphatic rings. The number of fused-ring (bicyclic) bond motifs is 3. The summed E-state index contributed by atoms with van der Waals surface area (Å²) in [4.78, 5) is 10.8. The Bertz CT molecular complexity index is 975. The molecular formula is C17H16N6. The van der Waals surface area contributed by atoms with Gasteiger partial charge >= 0.3 is 0 Å². The fourth-order valence-electron chi connectivity index (χ4n) is 2.59. The molecule has 1 aromatic carbocycles. The molecule has 0 spiro atoms. The van der Waals surface area contributed by atoms with E-state index < -0.39 is 0 Å². The van der Waals surface area contributed by atoms with Crippen LogP contribution in [0.2, 0.25) is 0 Å². The Morgan fingerprint density at radius 1 is 1.00 bits per heavy atom. The second-order valence-electron chi connectivity index (χ2n) is 5.47. The van der Waals surface area contributed by atoms with Gasteiger partial charge in [0.25, 0.3) is 0 Å². The number of aromatic nitrogens is 6. The zero-order chi connectivity index (χ0) is 15.6. The average Bonchev–Trinajstić information content (AvgIpc) is 3.08. The van der Waals surface area contributed by atoms with E-state index in [9.17, 15) is 0 Å². The van der Waals surface area contributed by atoms with E-state index in [1.54, 1.807) is 11.0 Å². The van der Waals surface area contributed by atoms with Crippen LogP contribution in [0.4, 0.5) is 0 Å². The maximum absolute atomic E-state index is 4.73. The maximum atomic E-state index is 4.73. The molecule has 0 saturated carbocycles. The normalized spacial score (nSPS) is 11.3. The molecule has 0 N–H and O–H groups in total. The smallest absolute Gasteiger partial charge is 0.223 e. The van der Waals surface area contributed by atoms with Gasteiger partial charge in [0.2, 0.25) is 5.82 Å². The quantitative estimate of drug-likeness (QED) is 0.541. The summed E-state index contributed by atoms with van der Waals surface area (Å²) in [5, 5.41) is 14.8. The first-order valence-corrected chi connectivity index (χ1v) is 7.78. The summed E-state index contributed by atoms with van der Waals surface area (Å²) in [7, 11) is 0. The molecule has 0 aliphatic carbocycles. The predicted molar refractivity (Wildman–Crippen MR) is 88.8 cm³/mol. The molecule has 3 aromatic heterocycles. The molecule has 0 fully saturated rings. The van der Waals surface area contributed by atoms with Gasteiger partial charge in [-0.2, -0.15) is 4.80 Å². The molecular weight excluding hydrogens is 288 g/mol. The number of hydrogen-bond donors (Lipinski definition) is 0. The lowest BCUT2D eigenvalue weighted by Crippen LogP contribution is -2.02. The fraction of sp³-hybridized carbons (Fsp3) is 0.235. The highest BCUT2D eigenvalue weighted by Gasteiger charge is 2.10. The van der Waals surface area contributed by atoms with Gasteiger partial charge in [0, 0.05) is 17.0 Å². The third-order valence-electron chi connectivity index (χ3n) is 3.83. The second-order valence-corrected chi connectivity index (χ2v) is 5.47. The molecule has 23 heavy (non-hydrogen) atoms.